The lowest BCUT2D eigenvalue weighted by molar-refractivity contribution is -0.154. The van der Waals surface area contributed by atoms with E-state index >= 15 is 0 Å². The number of nitrogens with zero attached hydrogens (tertiary/aromatic N) is 4. The van der Waals surface area contributed by atoms with Crippen LogP contribution in [0, 0.1) is 0 Å². The smallest absolute Gasteiger partial charge is 0.422 e. The average molecular weight is 446 g/mol. The summed E-state index contributed by atoms with van der Waals surface area (Å²) in [7, 11) is 3.00. The molecule has 4 rings (SSSR count). The molecule has 0 aromatic carbocycles. The van der Waals surface area contributed by atoms with Crippen LogP contribution >= 0.6 is 0 Å². The first-order chi connectivity index (χ1) is 15.3. The number of pyridine rings is 3. The van der Waals surface area contributed by atoms with Crippen molar-refractivity contribution in [1.29, 1.82) is 0 Å². The minimum Gasteiger partial charge on any atom is -0.494 e. The second kappa shape index (κ2) is 8.25. The SMILES string of the molecule is COc1cc(-c2ccc3c(O)n(-c4ccc(OCC(F)(F)F)nc4)cc3n2)cnc1OC. The lowest BCUT2D eigenvalue weighted by atomic mass is 10.1. The number of aromatic nitrogens is 4. The quantitative estimate of drug-likeness (QED) is 0.476. The molecule has 0 unspecified atom stereocenters. The highest BCUT2D eigenvalue weighted by Crippen LogP contribution is 2.33. The molecule has 0 amide bonds. The fraction of sp³-hybridized carbons (Fsp3) is 0.190. The van der Waals surface area contributed by atoms with Crippen molar-refractivity contribution in [3.05, 3.63) is 48.9 Å². The van der Waals surface area contributed by atoms with Crippen LogP contribution in [0.3, 0.4) is 0 Å². The van der Waals surface area contributed by atoms with Gasteiger partial charge in [-0.25, -0.2) is 15.0 Å². The van der Waals surface area contributed by atoms with Crippen molar-refractivity contribution in [2.24, 2.45) is 0 Å². The normalized spacial score (nSPS) is 11.5. The first kappa shape index (κ1) is 21.2. The fourth-order valence-corrected chi connectivity index (χ4v) is 3.06. The second-order valence-corrected chi connectivity index (χ2v) is 6.65. The van der Waals surface area contributed by atoms with E-state index in [-0.39, 0.29) is 11.8 Å². The Balaban J connectivity index is 1.65. The molecule has 166 valence electrons. The van der Waals surface area contributed by atoms with Crippen LogP contribution in [0.4, 0.5) is 13.2 Å². The second-order valence-electron chi connectivity index (χ2n) is 6.65. The molecule has 0 aliphatic carbocycles. The van der Waals surface area contributed by atoms with Gasteiger partial charge < -0.3 is 19.3 Å². The molecule has 0 aliphatic rings. The average Bonchev–Trinajstić information content (AvgIpc) is 3.12. The number of hydrogen-bond donors (Lipinski definition) is 1. The van der Waals surface area contributed by atoms with E-state index < -0.39 is 12.8 Å². The monoisotopic (exact) mass is 446 g/mol. The van der Waals surface area contributed by atoms with Gasteiger partial charge in [-0.3, -0.25) is 4.57 Å². The standard InChI is InChI=1S/C21H17F3N4O4/c1-30-17-7-12(8-26-19(17)31-2)15-5-4-14-16(27-15)10-28(20(14)29)13-3-6-18(25-9-13)32-11-21(22,23)24/h3-10,29H,11H2,1-2H3. The van der Waals surface area contributed by atoms with Gasteiger partial charge in [-0.1, -0.05) is 0 Å². The summed E-state index contributed by atoms with van der Waals surface area (Å²) >= 11 is 0. The molecule has 0 saturated carbocycles. The summed E-state index contributed by atoms with van der Waals surface area (Å²) in [6.45, 7) is -1.43. The van der Waals surface area contributed by atoms with Crippen LogP contribution in [0.25, 0.3) is 27.8 Å². The lowest BCUT2D eigenvalue weighted by Gasteiger charge is -2.09. The minimum absolute atomic E-state index is 0.0877. The molecule has 4 heterocycles. The van der Waals surface area contributed by atoms with Gasteiger partial charge in [-0.15, -0.1) is 0 Å². The van der Waals surface area contributed by atoms with Crippen molar-refractivity contribution < 1.29 is 32.5 Å². The van der Waals surface area contributed by atoms with Crippen LogP contribution in [0.1, 0.15) is 0 Å². The zero-order valence-corrected chi connectivity index (χ0v) is 16.9. The maximum Gasteiger partial charge on any atom is 0.422 e. The summed E-state index contributed by atoms with van der Waals surface area (Å²) in [5.41, 5.74) is 2.20. The molecule has 0 atom stereocenters. The van der Waals surface area contributed by atoms with Crippen LogP contribution in [-0.2, 0) is 0 Å². The summed E-state index contributed by atoms with van der Waals surface area (Å²) in [4.78, 5) is 12.6. The predicted octanol–water partition coefficient (Wildman–Crippen LogP) is 4.15. The van der Waals surface area contributed by atoms with Gasteiger partial charge in [-0.05, 0) is 24.3 Å². The first-order valence-electron chi connectivity index (χ1n) is 9.24. The van der Waals surface area contributed by atoms with E-state index in [1.54, 1.807) is 30.6 Å². The van der Waals surface area contributed by atoms with Gasteiger partial charge in [0.2, 0.25) is 11.8 Å². The third-order valence-electron chi connectivity index (χ3n) is 4.56. The van der Waals surface area contributed by atoms with Crippen LogP contribution in [0.2, 0.25) is 0 Å². The molecule has 0 spiro atoms. The van der Waals surface area contributed by atoms with Crippen molar-refractivity contribution in [2.75, 3.05) is 20.8 Å². The van der Waals surface area contributed by atoms with E-state index in [1.807, 2.05) is 0 Å². The number of halogens is 3. The Morgan fingerprint density at radius 3 is 2.50 bits per heavy atom. The Morgan fingerprint density at radius 1 is 1.03 bits per heavy atom. The Labute approximate surface area is 179 Å². The van der Waals surface area contributed by atoms with E-state index in [0.717, 1.165) is 0 Å². The Morgan fingerprint density at radius 2 is 1.84 bits per heavy atom. The number of alkyl halides is 3. The largest absolute Gasteiger partial charge is 0.494 e. The molecule has 0 radical (unpaired) electrons. The molecule has 4 aromatic heterocycles. The molecule has 32 heavy (non-hydrogen) atoms. The van der Waals surface area contributed by atoms with Gasteiger partial charge in [0.05, 0.1) is 42.7 Å². The minimum atomic E-state index is -4.45. The molecule has 4 aromatic rings. The predicted molar refractivity (Wildman–Crippen MR) is 108 cm³/mol. The van der Waals surface area contributed by atoms with Gasteiger partial charge in [0.15, 0.2) is 12.4 Å². The Bertz CT molecular complexity index is 1260. The maximum absolute atomic E-state index is 12.3. The van der Waals surface area contributed by atoms with Crippen molar-refractivity contribution in [3.63, 3.8) is 0 Å². The summed E-state index contributed by atoms with van der Waals surface area (Å²) in [5, 5.41) is 11.1. The molecule has 0 fully saturated rings. The topological polar surface area (TPSA) is 91.5 Å². The van der Waals surface area contributed by atoms with Gasteiger partial charge in [0, 0.05) is 24.0 Å². The van der Waals surface area contributed by atoms with Crippen molar-refractivity contribution in [2.45, 2.75) is 6.18 Å². The van der Waals surface area contributed by atoms with Crippen molar-refractivity contribution in [3.8, 4) is 40.3 Å². The Hall–Kier alpha value is -4.02. The van der Waals surface area contributed by atoms with Crippen LogP contribution in [0.15, 0.2) is 48.9 Å². The molecule has 0 aliphatic heterocycles. The zero-order valence-electron chi connectivity index (χ0n) is 16.9. The first-order valence-corrected chi connectivity index (χ1v) is 9.24. The number of aromatic hydroxyl groups is 1. The zero-order chi connectivity index (χ0) is 22.9. The van der Waals surface area contributed by atoms with Gasteiger partial charge >= 0.3 is 6.18 Å². The van der Waals surface area contributed by atoms with Crippen LogP contribution < -0.4 is 14.2 Å². The number of methoxy groups -OCH3 is 2. The third-order valence-corrected chi connectivity index (χ3v) is 4.56. The van der Waals surface area contributed by atoms with Crippen LogP contribution in [0.5, 0.6) is 23.4 Å². The molecule has 8 nitrogen and oxygen atoms in total. The van der Waals surface area contributed by atoms with E-state index in [1.165, 1.54) is 37.1 Å². The van der Waals surface area contributed by atoms with E-state index in [4.69, 9.17) is 9.47 Å². The highest BCUT2D eigenvalue weighted by molar-refractivity contribution is 5.87. The summed E-state index contributed by atoms with van der Waals surface area (Å²) in [5.74, 6) is 0.529. The molecule has 0 saturated heterocycles. The molecular formula is C21H17F3N4O4. The highest BCUT2D eigenvalue weighted by Gasteiger charge is 2.28. The van der Waals surface area contributed by atoms with Crippen LogP contribution in [-0.4, -0.2) is 51.6 Å². The molecule has 1 N–H and O–H groups in total. The summed E-state index contributed by atoms with van der Waals surface area (Å²) < 4.78 is 53.3. The van der Waals surface area contributed by atoms with Gasteiger partial charge in [0.1, 0.15) is 0 Å². The summed E-state index contributed by atoms with van der Waals surface area (Å²) in [6, 6.07) is 7.94. The highest BCUT2D eigenvalue weighted by atomic mass is 19.4. The lowest BCUT2D eigenvalue weighted by Crippen LogP contribution is -2.19. The number of ether oxygens (including phenoxy) is 3. The van der Waals surface area contributed by atoms with E-state index in [9.17, 15) is 18.3 Å². The Kier molecular flexibility index (Phi) is 5.47. The van der Waals surface area contributed by atoms with E-state index in [0.29, 0.717) is 39.5 Å². The fourth-order valence-electron chi connectivity index (χ4n) is 3.06. The van der Waals surface area contributed by atoms with Gasteiger partial charge in [-0.2, -0.15) is 13.2 Å². The van der Waals surface area contributed by atoms with Gasteiger partial charge in [0.25, 0.3) is 5.88 Å². The molecule has 11 heteroatoms. The molecule has 0 bridgehead atoms. The van der Waals surface area contributed by atoms with E-state index in [2.05, 4.69) is 19.7 Å². The number of rotatable bonds is 6. The third kappa shape index (κ3) is 4.22. The molecular weight excluding hydrogens is 429 g/mol. The van der Waals surface area contributed by atoms with Crippen molar-refractivity contribution in [1.82, 2.24) is 19.5 Å². The number of hydrogen-bond acceptors (Lipinski definition) is 7. The number of fused-ring (bicyclic) bond motifs is 1. The summed E-state index contributed by atoms with van der Waals surface area (Å²) in [6.07, 6.45) is 0.0264. The maximum atomic E-state index is 12.3. The van der Waals surface area contributed by atoms with Crippen molar-refractivity contribution >= 4 is 10.9 Å².